The molecule has 0 bridgehead atoms. The average molecular weight is 461 g/mol. The van der Waals surface area contributed by atoms with Gasteiger partial charge in [0.05, 0.1) is 5.52 Å². The minimum atomic E-state index is -0.863. The normalized spacial score (nSPS) is 12.4. The Kier molecular flexibility index (Phi) is 7.40. The Hall–Kier alpha value is -2.88. The van der Waals surface area contributed by atoms with Gasteiger partial charge in [0, 0.05) is 29.2 Å². The Bertz CT molecular complexity index is 1200. The van der Waals surface area contributed by atoms with E-state index >= 15 is 0 Å². The van der Waals surface area contributed by atoms with Crippen LogP contribution in [0, 0.1) is 18.8 Å². The summed E-state index contributed by atoms with van der Waals surface area (Å²) in [7, 11) is 0. The fourth-order valence-corrected chi connectivity index (χ4v) is 5.66. The van der Waals surface area contributed by atoms with Crippen molar-refractivity contribution in [1.29, 1.82) is 0 Å². The highest BCUT2D eigenvalue weighted by atomic mass is 16.2. The topological polar surface area (TPSA) is 42.3 Å². The molecule has 2 aromatic carbocycles. The molecular weight excluding hydrogens is 420 g/mol. The van der Waals surface area contributed by atoms with Crippen LogP contribution in [-0.4, -0.2) is 27.5 Å². The number of rotatable bonds is 7. The van der Waals surface area contributed by atoms with Crippen molar-refractivity contribution in [1.82, 2.24) is 9.47 Å². The first-order valence-corrected chi connectivity index (χ1v) is 12.5. The smallest absolute Gasteiger partial charge is 0.249 e. The number of fused-ring (bicyclic) bond motifs is 1. The maximum atomic E-state index is 14.6. The number of hydrogen-bond donors (Lipinski definition) is 0. The van der Waals surface area contributed by atoms with Crippen molar-refractivity contribution >= 4 is 16.8 Å². The van der Waals surface area contributed by atoms with Crippen LogP contribution in [0.3, 0.4) is 0 Å². The number of aromatic nitrogens is 1. The lowest BCUT2D eigenvalue weighted by Crippen LogP contribution is -2.60. The third-order valence-electron chi connectivity index (χ3n) is 7.09. The molecule has 182 valence electrons. The van der Waals surface area contributed by atoms with Crippen LogP contribution in [0.1, 0.15) is 61.0 Å². The molecule has 0 atom stereocenters. The van der Waals surface area contributed by atoms with E-state index in [1.165, 1.54) is 0 Å². The van der Waals surface area contributed by atoms with Gasteiger partial charge in [0.25, 0.3) is 0 Å². The number of aryl methyl sites for hydroxylation is 1. The van der Waals surface area contributed by atoms with Gasteiger partial charge in [0.2, 0.25) is 5.91 Å². The number of hydrogen-bond acceptors (Lipinski definition) is 2. The van der Waals surface area contributed by atoms with Crippen LogP contribution in [0.2, 0.25) is 0 Å². The van der Waals surface area contributed by atoms with E-state index in [0.29, 0.717) is 10.9 Å². The highest BCUT2D eigenvalue weighted by molar-refractivity contribution is 5.91. The molecule has 3 rings (SSSR count). The van der Waals surface area contributed by atoms with Gasteiger partial charge in [0.1, 0.15) is 5.54 Å². The van der Waals surface area contributed by atoms with Crippen molar-refractivity contribution in [3.05, 3.63) is 70.5 Å². The second-order valence-electron chi connectivity index (χ2n) is 10.7. The summed E-state index contributed by atoms with van der Waals surface area (Å²) in [5.41, 5.74) is 2.49. The minimum absolute atomic E-state index is 0.00381. The summed E-state index contributed by atoms with van der Waals surface area (Å²) in [4.78, 5) is 30.3. The standard InChI is InChI=1S/C30H40N2O2/c1-19(2)30(20(3)4,29(34)32(21(5)6)22(7)8)31-18-26(24-13-11-10-12-14-24)28(33)25-16-15-23(9)17-27(25)31/h10-22H,1-9H3. The monoisotopic (exact) mass is 460 g/mol. The second kappa shape index (κ2) is 9.77. The first-order valence-electron chi connectivity index (χ1n) is 12.5. The fraction of sp³-hybridized carbons (Fsp3) is 0.467. The summed E-state index contributed by atoms with van der Waals surface area (Å²) in [5.74, 6) is 0.0950. The largest absolute Gasteiger partial charge is 0.336 e. The quantitative estimate of drug-likeness (QED) is 0.397. The predicted molar refractivity (Wildman–Crippen MR) is 143 cm³/mol. The van der Waals surface area contributed by atoms with Gasteiger partial charge in [-0.15, -0.1) is 0 Å². The first-order chi connectivity index (χ1) is 15.9. The zero-order valence-electron chi connectivity index (χ0n) is 22.2. The third kappa shape index (κ3) is 4.19. The molecule has 0 saturated carbocycles. The molecule has 0 saturated heterocycles. The fourth-order valence-electron chi connectivity index (χ4n) is 5.66. The molecule has 0 unspecified atom stereocenters. The van der Waals surface area contributed by atoms with Crippen molar-refractivity contribution in [2.45, 2.75) is 79.9 Å². The van der Waals surface area contributed by atoms with Crippen molar-refractivity contribution < 1.29 is 4.79 Å². The van der Waals surface area contributed by atoms with Gasteiger partial charge >= 0.3 is 0 Å². The lowest BCUT2D eigenvalue weighted by Gasteiger charge is -2.48. The lowest BCUT2D eigenvalue weighted by atomic mass is 9.74. The molecular formula is C30H40N2O2. The molecule has 0 N–H and O–H groups in total. The molecule has 1 aromatic heterocycles. The Labute approximate surface area is 204 Å². The van der Waals surface area contributed by atoms with Crippen LogP contribution in [-0.2, 0) is 10.3 Å². The molecule has 0 spiro atoms. The summed E-state index contributed by atoms with van der Waals surface area (Å²) < 4.78 is 2.13. The summed E-state index contributed by atoms with van der Waals surface area (Å²) in [5, 5.41) is 0.645. The molecule has 1 amide bonds. The average Bonchev–Trinajstić information content (AvgIpc) is 2.75. The molecule has 0 aliphatic carbocycles. The van der Waals surface area contributed by atoms with E-state index in [1.807, 2.05) is 66.6 Å². The van der Waals surface area contributed by atoms with Crippen molar-refractivity contribution in [3.8, 4) is 11.1 Å². The predicted octanol–water partition coefficient (Wildman–Crippen LogP) is 6.63. The highest BCUT2D eigenvalue weighted by Gasteiger charge is 2.49. The Morgan fingerprint density at radius 3 is 1.91 bits per heavy atom. The van der Waals surface area contributed by atoms with Crippen LogP contribution >= 0.6 is 0 Å². The molecule has 0 radical (unpaired) electrons. The number of carbonyl (C=O) groups is 1. The van der Waals surface area contributed by atoms with Crippen LogP contribution < -0.4 is 5.43 Å². The SMILES string of the molecule is Cc1ccc2c(=O)c(-c3ccccc3)cn(C(C(=O)N(C(C)C)C(C)C)(C(C)C)C(C)C)c2c1. The zero-order chi connectivity index (χ0) is 25.4. The maximum Gasteiger partial charge on any atom is 0.249 e. The highest BCUT2D eigenvalue weighted by Crippen LogP contribution is 2.40. The molecule has 0 aliphatic rings. The zero-order valence-corrected chi connectivity index (χ0v) is 22.2. The summed E-state index contributed by atoms with van der Waals surface area (Å²) in [6.45, 7) is 18.8. The van der Waals surface area contributed by atoms with Gasteiger partial charge in [0.15, 0.2) is 5.43 Å². The van der Waals surface area contributed by atoms with E-state index in [-0.39, 0.29) is 35.3 Å². The maximum absolute atomic E-state index is 14.6. The molecule has 1 heterocycles. The van der Waals surface area contributed by atoms with Gasteiger partial charge in [-0.1, -0.05) is 64.1 Å². The van der Waals surface area contributed by atoms with Gasteiger partial charge in [-0.25, -0.2) is 0 Å². The summed E-state index contributed by atoms with van der Waals surface area (Å²) in [6.07, 6.45) is 1.94. The van der Waals surface area contributed by atoms with Crippen LogP contribution in [0.15, 0.2) is 59.5 Å². The van der Waals surface area contributed by atoms with E-state index in [4.69, 9.17) is 0 Å². The molecule has 34 heavy (non-hydrogen) atoms. The molecule has 0 aliphatic heterocycles. The van der Waals surface area contributed by atoms with Gasteiger partial charge in [-0.2, -0.15) is 0 Å². The van der Waals surface area contributed by atoms with Crippen LogP contribution in [0.25, 0.3) is 22.0 Å². The summed E-state index contributed by atoms with van der Waals surface area (Å²) in [6, 6.07) is 15.8. The van der Waals surface area contributed by atoms with E-state index in [2.05, 4.69) is 60.0 Å². The molecule has 4 heteroatoms. The minimum Gasteiger partial charge on any atom is -0.336 e. The number of pyridine rings is 1. The Morgan fingerprint density at radius 1 is 0.853 bits per heavy atom. The third-order valence-corrected chi connectivity index (χ3v) is 7.09. The molecule has 3 aromatic rings. The van der Waals surface area contributed by atoms with Crippen LogP contribution in [0.5, 0.6) is 0 Å². The van der Waals surface area contributed by atoms with Gasteiger partial charge in [-0.3, -0.25) is 9.59 Å². The van der Waals surface area contributed by atoms with Crippen molar-refractivity contribution in [3.63, 3.8) is 0 Å². The van der Waals surface area contributed by atoms with Gasteiger partial charge < -0.3 is 9.47 Å². The first kappa shape index (κ1) is 25.7. The number of nitrogens with zero attached hydrogens (tertiary/aromatic N) is 2. The van der Waals surface area contributed by atoms with E-state index in [1.54, 1.807) is 0 Å². The lowest BCUT2D eigenvalue weighted by molar-refractivity contribution is -0.150. The van der Waals surface area contributed by atoms with Crippen LogP contribution in [0.4, 0.5) is 0 Å². The van der Waals surface area contributed by atoms with Gasteiger partial charge in [-0.05, 0) is 69.7 Å². The number of benzene rings is 2. The number of carbonyl (C=O) groups excluding carboxylic acids is 1. The second-order valence-corrected chi connectivity index (χ2v) is 10.7. The van der Waals surface area contributed by atoms with E-state index < -0.39 is 5.54 Å². The molecule has 0 fully saturated rings. The summed E-state index contributed by atoms with van der Waals surface area (Å²) >= 11 is 0. The van der Waals surface area contributed by atoms with Crippen molar-refractivity contribution in [2.75, 3.05) is 0 Å². The number of amides is 1. The molecule has 4 nitrogen and oxygen atoms in total. The Balaban J connectivity index is 2.53. The van der Waals surface area contributed by atoms with E-state index in [9.17, 15) is 9.59 Å². The Morgan fingerprint density at radius 2 is 1.41 bits per heavy atom. The van der Waals surface area contributed by atoms with E-state index in [0.717, 1.165) is 16.6 Å². The van der Waals surface area contributed by atoms with Crippen molar-refractivity contribution in [2.24, 2.45) is 11.8 Å².